The molecule has 9 nitrogen and oxygen atoms in total. The highest BCUT2D eigenvalue weighted by Gasteiger charge is 2.38. The lowest BCUT2D eigenvalue weighted by atomic mass is 9.82. The molecule has 1 aliphatic heterocycles. The van der Waals surface area contributed by atoms with Crippen LogP contribution in [-0.2, 0) is 33.5 Å². The maximum absolute atomic E-state index is 13.2. The van der Waals surface area contributed by atoms with Gasteiger partial charge in [-0.05, 0) is 44.0 Å². The van der Waals surface area contributed by atoms with E-state index in [1.54, 1.807) is 43.3 Å². The zero-order chi connectivity index (χ0) is 26.0. The molecule has 0 spiro atoms. The number of halogens is 1. The molecule has 3 atom stereocenters. The van der Waals surface area contributed by atoms with Gasteiger partial charge < -0.3 is 15.1 Å². The lowest BCUT2D eigenvalue weighted by Crippen LogP contribution is -2.56. The molecule has 0 saturated heterocycles. The predicted molar refractivity (Wildman–Crippen MR) is 140 cm³/mol. The molecule has 12 heteroatoms. The van der Waals surface area contributed by atoms with Crippen LogP contribution in [0, 0.1) is 5.92 Å². The van der Waals surface area contributed by atoms with E-state index >= 15 is 0 Å². The Bertz CT molecular complexity index is 1220. The summed E-state index contributed by atoms with van der Waals surface area (Å²) in [5, 5.41) is 3.91. The molecule has 36 heavy (non-hydrogen) atoms. The Morgan fingerprint density at radius 3 is 2.61 bits per heavy atom. The summed E-state index contributed by atoms with van der Waals surface area (Å²) in [4.78, 5) is 35.2. The summed E-state index contributed by atoms with van der Waals surface area (Å²) < 4.78 is 28.8. The third-order valence-corrected chi connectivity index (χ3v) is 9.38. The van der Waals surface area contributed by atoms with Gasteiger partial charge in [0.25, 0.3) is 5.91 Å². The van der Waals surface area contributed by atoms with Crippen molar-refractivity contribution < 1.29 is 18.0 Å². The molecule has 4 rings (SSSR count). The number of hydrogen-bond acceptors (Lipinski definition) is 7. The first-order chi connectivity index (χ1) is 17.0. The number of carbonyl (C=O) groups is 2. The number of benzene rings is 1. The number of thiazole rings is 1. The van der Waals surface area contributed by atoms with Gasteiger partial charge >= 0.3 is 0 Å². The van der Waals surface area contributed by atoms with Gasteiger partial charge in [-0.25, -0.2) is 18.1 Å². The summed E-state index contributed by atoms with van der Waals surface area (Å²) >= 11 is 7.29. The van der Waals surface area contributed by atoms with Gasteiger partial charge in [0.2, 0.25) is 15.9 Å². The van der Waals surface area contributed by atoms with Gasteiger partial charge in [0, 0.05) is 61.5 Å². The number of carbonyl (C=O) groups excluding carboxylic acids is 2. The van der Waals surface area contributed by atoms with Crippen LogP contribution < -0.4 is 10.0 Å². The molecular formula is C24H32ClN5O4S2. The molecule has 2 aliphatic rings. The summed E-state index contributed by atoms with van der Waals surface area (Å²) in [5.74, 6) is -0.847. The van der Waals surface area contributed by atoms with Crippen LogP contribution in [0.4, 0.5) is 0 Å². The van der Waals surface area contributed by atoms with Crippen molar-refractivity contribution in [2.24, 2.45) is 5.92 Å². The predicted octanol–water partition coefficient (Wildman–Crippen LogP) is 2.26. The average molecular weight is 554 g/mol. The van der Waals surface area contributed by atoms with Crippen molar-refractivity contribution >= 4 is 44.8 Å². The number of likely N-dealkylation sites (N-methyl/N-ethyl adjacent to an activating group) is 1. The monoisotopic (exact) mass is 553 g/mol. The summed E-state index contributed by atoms with van der Waals surface area (Å²) in [6, 6.07) is 5.59. The molecule has 2 amide bonds. The van der Waals surface area contributed by atoms with E-state index in [1.807, 2.05) is 7.05 Å². The average Bonchev–Trinajstić information content (AvgIpc) is 3.24. The Labute approximate surface area is 221 Å². The summed E-state index contributed by atoms with van der Waals surface area (Å²) in [6.45, 7) is 1.66. The van der Waals surface area contributed by atoms with Gasteiger partial charge in [-0.1, -0.05) is 23.7 Å². The lowest BCUT2D eigenvalue weighted by molar-refractivity contribution is -0.134. The van der Waals surface area contributed by atoms with Crippen LogP contribution in [0.5, 0.6) is 0 Å². The zero-order valence-electron chi connectivity index (χ0n) is 20.7. The Hall–Kier alpha value is -2.05. The molecule has 1 saturated carbocycles. The first-order valence-electron chi connectivity index (χ1n) is 11.9. The van der Waals surface area contributed by atoms with Crippen LogP contribution in [0.25, 0.3) is 0 Å². The van der Waals surface area contributed by atoms with Crippen LogP contribution in [0.3, 0.4) is 0 Å². The number of amides is 2. The maximum atomic E-state index is 13.2. The van der Waals surface area contributed by atoms with Crippen molar-refractivity contribution in [2.75, 3.05) is 27.7 Å². The van der Waals surface area contributed by atoms with Crippen LogP contribution in [-0.4, -0.2) is 74.8 Å². The Morgan fingerprint density at radius 1 is 1.19 bits per heavy atom. The first kappa shape index (κ1) is 27.0. The number of sulfonamides is 1. The molecule has 2 N–H and O–H groups in total. The van der Waals surface area contributed by atoms with Crippen LogP contribution >= 0.6 is 22.9 Å². The minimum Gasteiger partial charge on any atom is -0.349 e. The molecule has 196 valence electrons. The second kappa shape index (κ2) is 11.1. The van der Waals surface area contributed by atoms with Crippen molar-refractivity contribution in [3.8, 4) is 0 Å². The van der Waals surface area contributed by atoms with Crippen LogP contribution in [0.15, 0.2) is 24.3 Å². The van der Waals surface area contributed by atoms with Gasteiger partial charge in [0.05, 0.1) is 11.4 Å². The van der Waals surface area contributed by atoms with E-state index in [0.29, 0.717) is 34.9 Å². The maximum Gasteiger partial charge on any atom is 0.280 e. The lowest BCUT2D eigenvalue weighted by Gasteiger charge is -2.37. The number of fused-ring (bicyclic) bond motifs is 1. The van der Waals surface area contributed by atoms with Gasteiger partial charge in [-0.15, -0.1) is 11.3 Å². The molecule has 1 fully saturated rings. The van der Waals surface area contributed by atoms with Gasteiger partial charge in [-0.3, -0.25) is 9.59 Å². The van der Waals surface area contributed by atoms with E-state index in [2.05, 4.69) is 19.9 Å². The highest BCUT2D eigenvalue weighted by atomic mass is 35.5. The largest absolute Gasteiger partial charge is 0.349 e. The fourth-order valence-electron chi connectivity index (χ4n) is 4.78. The van der Waals surface area contributed by atoms with E-state index in [4.69, 9.17) is 11.6 Å². The van der Waals surface area contributed by atoms with E-state index in [1.165, 1.54) is 11.3 Å². The summed E-state index contributed by atoms with van der Waals surface area (Å²) in [7, 11) is 1.74. The second-order valence-corrected chi connectivity index (χ2v) is 13.1. The minimum atomic E-state index is -3.70. The summed E-state index contributed by atoms with van der Waals surface area (Å²) in [5.41, 5.74) is 1.56. The number of nitrogens with zero attached hydrogens (tertiary/aromatic N) is 3. The Morgan fingerprint density at radius 2 is 1.92 bits per heavy atom. The molecule has 2 heterocycles. The molecule has 1 aromatic heterocycles. The molecule has 2 aromatic rings. The van der Waals surface area contributed by atoms with E-state index in [-0.39, 0.29) is 23.5 Å². The van der Waals surface area contributed by atoms with Crippen molar-refractivity contribution in [3.63, 3.8) is 0 Å². The topological polar surface area (TPSA) is 112 Å². The van der Waals surface area contributed by atoms with E-state index in [9.17, 15) is 18.0 Å². The molecule has 1 aromatic carbocycles. The smallest absolute Gasteiger partial charge is 0.280 e. The molecular weight excluding hydrogens is 522 g/mol. The molecule has 0 bridgehead atoms. The number of rotatable bonds is 7. The fourth-order valence-corrected chi connectivity index (χ4v) is 7.46. The van der Waals surface area contributed by atoms with E-state index < -0.39 is 22.1 Å². The molecule has 1 aliphatic carbocycles. The number of hydrogen-bond donors (Lipinski definition) is 2. The van der Waals surface area contributed by atoms with Crippen LogP contribution in [0.1, 0.15) is 45.2 Å². The van der Waals surface area contributed by atoms with Crippen LogP contribution in [0.2, 0.25) is 5.02 Å². The van der Waals surface area contributed by atoms with Crippen molar-refractivity contribution in [1.29, 1.82) is 0 Å². The molecule has 3 unspecified atom stereocenters. The van der Waals surface area contributed by atoms with Crippen molar-refractivity contribution in [3.05, 3.63) is 50.4 Å². The number of nitrogens with one attached hydrogen (secondary N) is 2. The normalized spacial score (nSPS) is 22.6. The Kier molecular flexibility index (Phi) is 8.35. The minimum absolute atomic E-state index is 0.0236. The fraction of sp³-hybridized carbons (Fsp3) is 0.542. The first-order valence-corrected chi connectivity index (χ1v) is 14.8. The quantitative estimate of drug-likeness (QED) is 0.544. The third-order valence-electron chi connectivity index (χ3n) is 6.67. The highest BCUT2D eigenvalue weighted by Crippen LogP contribution is 2.29. The van der Waals surface area contributed by atoms with Crippen molar-refractivity contribution in [2.45, 2.75) is 50.1 Å². The standard InChI is InChI=1S/C24H32ClN5O4S2/c1-29(2)24(32)16-6-9-18(28-36(33,34)14-15-4-7-17(25)8-5-15)20(12-16)26-22(31)23-27-19-10-11-30(3)13-21(19)35-23/h4-5,7-8,16,18,20,28H,6,9-14H2,1-3H3,(H,26,31). The third kappa shape index (κ3) is 6.63. The SMILES string of the molecule is CN1CCc2nc(C(=O)NC3CC(C(=O)N(C)C)CCC3NS(=O)(=O)Cc3ccc(Cl)cc3)sc2C1. The van der Waals surface area contributed by atoms with Crippen molar-refractivity contribution in [1.82, 2.24) is 24.8 Å². The number of aromatic nitrogens is 1. The Balaban J connectivity index is 1.50. The zero-order valence-corrected chi connectivity index (χ0v) is 23.0. The van der Waals surface area contributed by atoms with Gasteiger partial charge in [0.1, 0.15) is 0 Å². The van der Waals surface area contributed by atoms with Gasteiger partial charge in [-0.2, -0.15) is 0 Å². The summed E-state index contributed by atoms with van der Waals surface area (Å²) in [6.07, 6.45) is 2.12. The van der Waals surface area contributed by atoms with Gasteiger partial charge in [0.15, 0.2) is 5.01 Å². The van der Waals surface area contributed by atoms with E-state index in [0.717, 1.165) is 30.1 Å². The second-order valence-electron chi connectivity index (χ2n) is 9.81. The molecule has 0 radical (unpaired) electrons. The highest BCUT2D eigenvalue weighted by molar-refractivity contribution is 7.88.